The minimum atomic E-state index is -0.416. The predicted molar refractivity (Wildman–Crippen MR) is 88.4 cm³/mol. The highest BCUT2D eigenvalue weighted by molar-refractivity contribution is 5.96. The van der Waals surface area contributed by atoms with Gasteiger partial charge in [0.1, 0.15) is 12.1 Å². The summed E-state index contributed by atoms with van der Waals surface area (Å²) in [4.78, 5) is 24.0. The number of fused-ring (bicyclic) bond motifs is 3. The van der Waals surface area contributed by atoms with E-state index < -0.39 is 5.41 Å². The van der Waals surface area contributed by atoms with Gasteiger partial charge >= 0.3 is 0 Å². The molecule has 2 nitrogen and oxygen atoms in total. The number of hydrogen-bond donors (Lipinski definition) is 0. The lowest BCUT2D eigenvalue weighted by molar-refractivity contribution is -0.126. The van der Waals surface area contributed by atoms with Crippen LogP contribution in [0.1, 0.15) is 59.8 Å². The summed E-state index contributed by atoms with van der Waals surface area (Å²) >= 11 is 0. The van der Waals surface area contributed by atoms with Gasteiger partial charge in [-0.2, -0.15) is 0 Å². The summed E-state index contributed by atoms with van der Waals surface area (Å²) in [5.41, 5.74) is 4.57. The fourth-order valence-corrected chi connectivity index (χ4v) is 4.58. The van der Waals surface area contributed by atoms with E-state index >= 15 is 0 Å². The Morgan fingerprint density at radius 1 is 1.14 bits per heavy atom. The first-order valence-electron chi connectivity index (χ1n) is 8.45. The zero-order valence-corrected chi connectivity index (χ0v) is 14.2. The third-order valence-corrected chi connectivity index (χ3v) is 6.20. The zero-order chi connectivity index (χ0) is 16.1. The number of allylic oxidation sites excluding steroid dienone is 6. The summed E-state index contributed by atoms with van der Waals surface area (Å²) in [6, 6.07) is 0. The number of carbonyl (C=O) groups is 2. The molecule has 0 radical (unpaired) electrons. The molecule has 0 aliphatic heterocycles. The molecule has 0 unspecified atom stereocenters. The third-order valence-electron chi connectivity index (χ3n) is 6.20. The normalized spacial score (nSPS) is 34.9. The van der Waals surface area contributed by atoms with E-state index in [1.54, 1.807) is 0 Å². The molecule has 3 aliphatic rings. The lowest BCUT2D eigenvalue weighted by Crippen LogP contribution is -2.39. The largest absolute Gasteiger partial charge is 0.298 e. The van der Waals surface area contributed by atoms with E-state index in [1.165, 1.54) is 23.1 Å². The van der Waals surface area contributed by atoms with Crippen molar-refractivity contribution in [1.82, 2.24) is 0 Å². The maximum absolute atomic E-state index is 12.8. The van der Waals surface area contributed by atoms with E-state index in [2.05, 4.69) is 33.8 Å². The fourth-order valence-electron chi connectivity index (χ4n) is 4.58. The molecule has 3 rings (SSSR count). The maximum atomic E-state index is 12.8. The van der Waals surface area contributed by atoms with Crippen molar-refractivity contribution in [3.05, 3.63) is 34.4 Å². The van der Waals surface area contributed by atoms with E-state index in [4.69, 9.17) is 0 Å². The quantitative estimate of drug-likeness (QED) is 0.700. The van der Waals surface area contributed by atoms with Crippen LogP contribution in [0.2, 0.25) is 0 Å². The van der Waals surface area contributed by atoms with Crippen molar-refractivity contribution in [2.24, 2.45) is 16.7 Å². The summed E-state index contributed by atoms with van der Waals surface area (Å²) in [5, 5.41) is 0. The lowest BCUT2D eigenvalue weighted by Gasteiger charge is -2.45. The second-order valence-corrected chi connectivity index (χ2v) is 7.99. The molecule has 0 aromatic heterocycles. The van der Waals surface area contributed by atoms with Gasteiger partial charge in [0.2, 0.25) is 0 Å². The van der Waals surface area contributed by atoms with Crippen molar-refractivity contribution >= 4 is 12.1 Å². The van der Waals surface area contributed by atoms with Gasteiger partial charge in [-0.05, 0) is 60.7 Å². The van der Waals surface area contributed by atoms with Crippen LogP contribution in [0.3, 0.4) is 0 Å². The highest BCUT2D eigenvalue weighted by Gasteiger charge is 2.51. The number of hydrogen-bond acceptors (Lipinski definition) is 2. The van der Waals surface area contributed by atoms with E-state index in [9.17, 15) is 9.59 Å². The molecule has 22 heavy (non-hydrogen) atoms. The van der Waals surface area contributed by atoms with Crippen LogP contribution in [0.25, 0.3) is 0 Å². The highest BCUT2D eigenvalue weighted by Crippen LogP contribution is 2.60. The molecule has 0 spiro atoms. The number of aldehydes is 1. The standard InChI is InChI=1S/C20H26O2/c1-13(2)15-7-8-19(3)9-10-20(4)16(18(15)19)6-5-14(12-21)11-17(20)22/h5-6,12-13H,7-11H2,1-4H3/t19-,20-/m1/s1. The van der Waals surface area contributed by atoms with Gasteiger partial charge < -0.3 is 0 Å². The van der Waals surface area contributed by atoms with Crippen molar-refractivity contribution in [2.45, 2.75) is 59.8 Å². The molecule has 0 N–H and O–H groups in total. The van der Waals surface area contributed by atoms with Crippen LogP contribution in [0.4, 0.5) is 0 Å². The van der Waals surface area contributed by atoms with E-state index in [1.807, 2.05) is 6.08 Å². The van der Waals surface area contributed by atoms with Gasteiger partial charge in [-0.1, -0.05) is 38.5 Å². The molecule has 1 saturated carbocycles. The van der Waals surface area contributed by atoms with Gasteiger partial charge in [0.25, 0.3) is 0 Å². The van der Waals surface area contributed by atoms with Gasteiger partial charge in [-0.25, -0.2) is 0 Å². The van der Waals surface area contributed by atoms with E-state index in [-0.39, 0.29) is 17.6 Å². The van der Waals surface area contributed by atoms with E-state index in [0.717, 1.165) is 25.5 Å². The molecule has 0 bridgehead atoms. The smallest absolute Gasteiger partial charge is 0.147 e. The Bertz CT molecular complexity index is 632. The first kappa shape index (κ1) is 15.5. The molecule has 118 valence electrons. The van der Waals surface area contributed by atoms with Crippen molar-refractivity contribution in [1.29, 1.82) is 0 Å². The molecule has 0 amide bonds. The Balaban J connectivity index is 2.22. The Morgan fingerprint density at radius 3 is 2.50 bits per heavy atom. The van der Waals surface area contributed by atoms with Crippen LogP contribution in [0, 0.1) is 16.7 Å². The number of rotatable bonds is 2. The average molecular weight is 298 g/mol. The van der Waals surface area contributed by atoms with Crippen LogP contribution >= 0.6 is 0 Å². The second kappa shape index (κ2) is 5.04. The monoisotopic (exact) mass is 298 g/mol. The Kier molecular flexibility index (Phi) is 3.54. The van der Waals surface area contributed by atoms with Crippen molar-refractivity contribution in [3.8, 4) is 0 Å². The molecule has 0 saturated heterocycles. The summed E-state index contributed by atoms with van der Waals surface area (Å²) in [7, 11) is 0. The van der Waals surface area contributed by atoms with Crippen molar-refractivity contribution in [3.63, 3.8) is 0 Å². The van der Waals surface area contributed by atoms with Crippen LogP contribution in [0.15, 0.2) is 34.4 Å². The van der Waals surface area contributed by atoms with Gasteiger partial charge in [0, 0.05) is 6.42 Å². The molecular weight excluding hydrogens is 272 g/mol. The number of Topliss-reactive ketones (excluding diaryl/α,β-unsaturated/α-hetero) is 1. The molecule has 1 fully saturated rings. The average Bonchev–Trinajstić information content (AvgIpc) is 2.76. The molecule has 0 heterocycles. The van der Waals surface area contributed by atoms with Crippen molar-refractivity contribution in [2.75, 3.05) is 0 Å². The summed E-state index contributed by atoms with van der Waals surface area (Å²) < 4.78 is 0. The fraction of sp³-hybridized carbons (Fsp3) is 0.600. The SMILES string of the molecule is CC(C)C1=C2C3=CC=C(C=O)CC(=O)[C@]3(C)CC[C@@]2(C)CC1. The molecule has 3 aliphatic carbocycles. The second-order valence-electron chi connectivity index (χ2n) is 7.99. The first-order valence-corrected chi connectivity index (χ1v) is 8.45. The van der Waals surface area contributed by atoms with Crippen molar-refractivity contribution < 1.29 is 9.59 Å². The Labute approximate surface area is 133 Å². The van der Waals surface area contributed by atoms with Gasteiger partial charge in [-0.15, -0.1) is 0 Å². The third kappa shape index (κ3) is 2.07. The lowest BCUT2D eigenvalue weighted by atomic mass is 9.58. The summed E-state index contributed by atoms with van der Waals surface area (Å²) in [5.74, 6) is 0.729. The first-order chi connectivity index (χ1) is 10.3. The van der Waals surface area contributed by atoms with E-state index in [0.29, 0.717) is 11.5 Å². The van der Waals surface area contributed by atoms with Gasteiger partial charge in [-0.3, -0.25) is 9.59 Å². The minimum absolute atomic E-state index is 0.208. The summed E-state index contributed by atoms with van der Waals surface area (Å²) in [6.45, 7) is 8.96. The van der Waals surface area contributed by atoms with Crippen LogP contribution in [0.5, 0.6) is 0 Å². The number of carbonyl (C=O) groups excluding carboxylic acids is 2. The molecule has 2 heteroatoms. The predicted octanol–water partition coefficient (Wildman–Crippen LogP) is 4.56. The molecular formula is C20H26O2. The van der Waals surface area contributed by atoms with Crippen LogP contribution in [-0.4, -0.2) is 12.1 Å². The van der Waals surface area contributed by atoms with Crippen LogP contribution < -0.4 is 0 Å². The maximum Gasteiger partial charge on any atom is 0.147 e. The minimum Gasteiger partial charge on any atom is -0.298 e. The van der Waals surface area contributed by atoms with Crippen LogP contribution in [-0.2, 0) is 9.59 Å². The topological polar surface area (TPSA) is 34.1 Å². The molecule has 2 atom stereocenters. The summed E-state index contributed by atoms with van der Waals surface area (Å²) in [6.07, 6.45) is 9.40. The van der Waals surface area contributed by atoms with Gasteiger partial charge in [0.05, 0.1) is 5.41 Å². The highest BCUT2D eigenvalue weighted by atomic mass is 16.1. The Hall–Kier alpha value is -1.44. The van der Waals surface area contributed by atoms with Gasteiger partial charge in [0.15, 0.2) is 0 Å². The molecule has 0 aromatic carbocycles. The number of ketones is 1. The Morgan fingerprint density at radius 2 is 1.86 bits per heavy atom. The zero-order valence-electron chi connectivity index (χ0n) is 14.2. The molecule has 0 aromatic rings.